The third-order valence-corrected chi connectivity index (χ3v) is 8.48. The molecule has 0 saturated carbocycles. The monoisotopic (exact) mass is 469 g/mol. The van der Waals surface area contributed by atoms with E-state index in [1.165, 1.54) is 53.1 Å². The Morgan fingerprint density at radius 2 is 1.79 bits per heavy atom. The molecule has 0 N–H and O–H groups in total. The van der Waals surface area contributed by atoms with E-state index in [2.05, 4.69) is 116 Å². The molecule has 0 spiro atoms. The Labute approximate surface area is 204 Å². The first-order chi connectivity index (χ1) is 16.1. The Morgan fingerprint density at radius 1 is 0.970 bits per heavy atom. The lowest BCUT2D eigenvalue weighted by Gasteiger charge is -2.15. The van der Waals surface area contributed by atoms with Gasteiger partial charge in [0, 0.05) is 24.1 Å². The van der Waals surface area contributed by atoms with Gasteiger partial charge in [-0.3, -0.25) is 0 Å². The molecule has 1 aliphatic heterocycles. The van der Waals surface area contributed by atoms with E-state index in [0.29, 0.717) is 0 Å². The predicted octanol–water partition coefficient (Wildman–Crippen LogP) is 8.06. The number of allylic oxidation sites excluding steroid dienone is 2. The van der Waals surface area contributed by atoms with Crippen LogP contribution < -0.4 is 9.47 Å². The van der Waals surface area contributed by atoms with Gasteiger partial charge < -0.3 is 4.90 Å². The normalized spacial score (nSPS) is 15.0. The van der Waals surface area contributed by atoms with E-state index in [0.717, 1.165) is 13.0 Å². The zero-order valence-electron chi connectivity index (χ0n) is 19.6. The van der Waals surface area contributed by atoms with E-state index in [9.17, 15) is 0 Å². The topological polar surface area (TPSA) is 7.12 Å². The zero-order valence-corrected chi connectivity index (χ0v) is 21.3. The second-order valence-electron chi connectivity index (χ2n) is 8.42. The molecule has 0 aliphatic carbocycles. The van der Waals surface area contributed by atoms with Crippen molar-refractivity contribution in [1.29, 1.82) is 0 Å². The van der Waals surface area contributed by atoms with E-state index in [-0.39, 0.29) is 0 Å². The molecule has 166 valence electrons. The minimum atomic E-state index is 0.977. The van der Waals surface area contributed by atoms with Crippen molar-refractivity contribution in [1.82, 2.24) is 0 Å². The van der Waals surface area contributed by atoms with E-state index in [1.807, 2.05) is 23.1 Å². The minimum absolute atomic E-state index is 0.977. The average molecular weight is 470 g/mol. The highest BCUT2D eigenvalue weighted by molar-refractivity contribution is 8.03. The number of hydrogen-bond acceptors (Lipinski definition) is 3. The maximum Gasteiger partial charge on any atom is 0.263 e. The molecule has 3 aromatic carbocycles. The molecule has 2 heterocycles. The van der Waals surface area contributed by atoms with Crippen LogP contribution >= 0.6 is 23.1 Å². The summed E-state index contributed by atoms with van der Waals surface area (Å²) >= 11 is 3.75. The highest BCUT2D eigenvalue weighted by Gasteiger charge is 2.23. The molecule has 1 aliphatic rings. The average Bonchev–Trinajstić information content (AvgIpc) is 3.34. The minimum Gasteiger partial charge on any atom is -0.338 e. The summed E-state index contributed by atoms with van der Waals surface area (Å²) in [6.07, 6.45) is 5.74. The van der Waals surface area contributed by atoms with Crippen LogP contribution in [0.5, 0.6) is 0 Å². The second kappa shape index (κ2) is 9.20. The van der Waals surface area contributed by atoms with Gasteiger partial charge in [0.1, 0.15) is 11.2 Å². The first-order valence-corrected chi connectivity index (χ1v) is 13.2. The third kappa shape index (κ3) is 4.25. The molecule has 2 nitrogen and oxygen atoms in total. The van der Waals surface area contributed by atoms with Crippen molar-refractivity contribution in [3.63, 3.8) is 0 Å². The van der Waals surface area contributed by atoms with Crippen molar-refractivity contribution in [2.45, 2.75) is 38.6 Å². The van der Waals surface area contributed by atoms with Gasteiger partial charge in [-0.2, -0.15) is 4.57 Å². The molecule has 0 bridgehead atoms. The van der Waals surface area contributed by atoms with Crippen LogP contribution in [0.1, 0.15) is 30.8 Å². The van der Waals surface area contributed by atoms with Gasteiger partial charge in [0.2, 0.25) is 5.52 Å². The Kier molecular flexibility index (Phi) is 6.13. The number of thioether (sulfide) groups is 1. The maximum atomic E-state index is 2.44. The molecule has 0 amide bonds. The van der Waals surface area contributed by atoms with Crippen LogP contribution in [-0.2, 0) is 6.54 Å². The Balaban J connectivity index is 1.49. The number of aryl methyl sites for hydroxylation is 2. The molecule has 4 heteroatoms. The maximum absolute atomic E-state index is 2.44. The van der Waals surface area contributed by atoms with Crippen molar-refractivity contribution >= 4 is 45.1 Å². The molecule has 0 unspecified atom stereocenters. The van der Waals surface area contributed by atoms with Crippen molar-refractivity contribution < 1.29 is 4.57 Å². The number of hydrogen-bond donors (Lipinski definition) is 0. The predicted molar refractivity (Wildman–Crippen MR) is 145 cm³/mol. The summed E-state index contributed by atoms with van der Waals surface area (Å²) in [4.78, 5) is 3.65. The number of thiazole rings is 1. The van der Waals surface area contributed by atoms with Gasteiger partial charge in [0.15, 0.2) is 0 Å². The van der Waals surface area contributed by atoms with E-state index < -0.39 is 0 Å². The fraction of sp³-hybridized carbons (Fsp3) is 0.207. The SMILES string of the molecule is CCC(=Cc1sc2ccc(C)cc2[n+]1CC)/C=C1\Sc2ccc(-c3ccccc3)cc2N1C. The van der Waals surface area contributed by atoms with Gasteiger partial charge in [-0.05, 0) is 66.8 Å². The zero-order chi connectivity index (χ0) is 22.9. The molecule has 0 fully saturated rings. The largest absolute Gasteiger partial charge is 0.338 e. The summed E-state index contributed by atoms with van der Waals surface area (Å²) in [6, 6.07) is 24.2. The molecule has 0 saturated heterocycles. The quantitative estimate of drug-likeness (QED) is 0.273. The molecule has 33 heavy (non-hydrogen) atoms. The molecule has 0 atom stereocenters. The molecular formula is C29H29N2S2+. The van der Waals surface area contributed by atoms with Crippen LogP contribution in [0.4, 0.5) is 5.69 Å². The van der Waals surface area contributed by atoms with Gasteiger partial charge in [0.05, 0.1) is 10.7 Å². The lowest BCUT2D eigenvalue weighted by molar-refractivity contribution is -0.665. The van der Waals surface area contributed by atoms with E-state index >= 15 is 0 Å². The number of fused-ring (bicyclic) bond motifs is 2. The van der Waals surface area contributed by atoms with Crippen LogP contribution in [0.3, 0.4) is 0 Å². The van der Waals surface area contributed by atoms with Crippen molar-refractivity contribution in [3.8, 4) is 11.1 Å². The van der Waals surface area contributed by atoms with Gasteiger partial charge in [0.25, 0.3) is 5.01 Å². The summed E-state index contributed by atoms with van der Waals surface area (Å²) in [6.45, 7) is 7.63. The van der Waals surface area contributed by atoms with Crippen LogP contribution in [0, 0.1) is 6.92 Å². The first kappa shape index (κ1) is 22.0. The number of anilines is 1. The first-order valence-electron chi connectivity index (χ1n) is 11.5. The number of aromatic nitrogens is 1. The van der Waals surface area contributed by atoms with Crippen LogP contribution in [0.2, 0.25) is 0 Å². The molecule has 1 aromatic heterocycles. The van der Waals surface area contributed by atoms with Crippen LogP contribution in [0.15, 0.2) is 88.3 Å². The fourth-order valence-electron chi connectivity index (χ4n) is 4.31. The summed E-state index contributed by atoms with van der Waals surface area (Å²) in [5.74, 6) is 0. The highest BCUT2D eigenvalue weighted by Crippen LogP contribution is 2.47. The molecule has 0 radical (unpaired) electrons. The van der Waals surface area contributed by atoms with Gasteiger partial charge in [-0.15, -0.1) is 0 Å². The van der Waals surface area contributed by atoms with E-state index in [1.54, 1.807) is 0 Å². The van der Waals surface area contributed by atoms with Crippen LogP contribution in [-0.4, -0.2) is 7.05 Å². The summed E-state index contributed by atoms with van der Waals surface area (Å²) in [7, 11) is 2.18. The Morgan fingerprint density at radius 3 is 2.55 bits per heavy atom. The third-order valence-electron chi connectivity index (χ3n) is 6.20. The highest BCUT2D eigenvalue weighted by atomic mass is 32.2. The Hall–Kier alpha value is -2.82. The lowest BCUT2D eigenvalue weighted by atomic mass is 10.1. The summed E-state index contributed by atoms with van der Waals surface area (Å²) in [5, 5.41) is 2.60. The summed E-state index contributed by atoms with van der Waals surface area (Å²) in [5.41, 5.74) is 7.81. The number of rotatable bonds is 5. The lowest BCUT2D eigenvalue weighted by Crippen LogP contribution is -2.33. The van der Waals surface area contributed by atoms with E-state index in [4.69, 9.17) is 0 Å². The van der Waals surface area contributed by atoms with Gasteiger partial charge in [-0.25, -0.2) is 0 Å². The molecular weight excluding hydrogens is 440 g/mol. The molecule has 5 rings (SSSR count). The second-order valence-corrected chi connectivity index (χ2v) is 10.5. The smallest absolute Gasteiger partial charge is 0.263 e. The van der Waals surface area contributed by atoms with Crippen molar-refractivity contribution in [2.24, 2.45) is 0 Å². The number of benzene rings is 3. The number of nitrogens with zero attached hydrogens (tertiary/aromatic N) is 2. The fourth-order valence-corrected chi connectivity index (χ4v) is 6.60. The van der Waals surface area contributed by atoms with Crippen molar-refractivity contribution in [3.05, 3.63) is 94.0 Å². The summed E-state index contributed by atoms with van der Waals surface area (Å²) < 4.78 is 3.79. The van der Waals surface area contributed by atoms with Gasteiger partial charge in [-0.1, -0.05) is 72.5 Å². The Bertz CT molecular complexity index is 1380. The van der Waals surface area contributed by atoms with Crippen LogP contribution in [0.25, 0.3) is 27.4 Å². The molecule has 4 aromatic rings. The van der Waals surface area contributed by atoms with Crippen molar-refractivity contribution in [2.75, 3.05) is 11.9 Å². The standard InChI is InChI=1S/C29H29N2S2/c1-5-21(18-29-31(6-2)25-16-20(3)12-14-27(25)33-29)17-28-30(4)24-19-23(13-15-26(24)32-28)22-10-8-7-9-11-22/h7-19H,5-6H2,1-4H3/q+1. The van der Waals surface area contributed by atoms with Gasteiger partial charge >= 0.3 is 0 Å².